The highest BCUT2D eigenvalue weighted by atomic mass is 19.1. The Kier molecular flexibility index (Phi) is 4.38. The van der Waals surface area contributed by atoms with Gasteiger partial charge in [0.25, 0.3) is 5.69 Å². The number of nitro benzene ring substituents is 1. The molecule has 7 heteroatoms. The molecule has 0 saturated carbocycles. The predicted octanol–water partition coefficient (Wildman–Crippen LogP) is 3.64. The maximum atomic E-state index is 13.8. The molecule has 1 heterocycles. The van der Waals surface area contributed by atoms with Gasteiger partial charge in [0.15, 0.2) is 5.70 Å². The monoisotopic (exact) mass is 340 g/mol. The van der Waals surface area contributed by atoms with Crippen molar-refractivity contribution in [2.45, 2.75) is 13.3 Å². The third kappa shape index (κ3) is 3.30. The van der Waals surface area contributed by atoms with E-state index in [9.17, 15) is 19.3 Å². The first kappa shape index (κ1) is 16.5. The van der Waals surface area contributed by atoms with Crippen LogP contribution in [0.5, 0.6) is 0 Å². The molecular formula is C18H13FN2O4. The number of aliphatic imine (C=N–C) groups is 1. The number of nitrogens with zero attached hydrogens (tertiary/aromatic N) is 2. The van der Waals surface area contributed by atoms with Crippen LogP contribution in [0.15, 0.2) is 53.2 Å². The molecule has 2 aromatic carbocycles. The molecule has 0 unspecified atom stereocenters. The van der Waals surface area contributed by atoms with Gasteiger partial charge in [0.05, 0.1) is 10.5 Å². The first-order valence-corrected chi connectivity index (χ1v) is 7.54. The van der Waals surface area contributed by atoms with Crippen molar-refractivity contribution in [1.29, 1.82) is 0 Å². The SMILES string of the molecule is CCc1ccc(/C=C2\N=C(c3ccccc3F)OC2=O)cc1[N+](=O)[O-]. The van der Waals surface area contributed by atoms with Crippen molar-refractivity contribution >= 4 is 23.6 Å². The highest BCUT2D eigenvalue weighted by Crippen LogP contribution is 2.25. The van der Waals surface area contributed by atoms with Crippen LogP contribution in [-0.2, 0) is 16.0 Å². The number of carbonyl (C=O) groups is 1. The van der Waals surface area contributed by atoms with Gasteiger partial charge in [-0.05, 0) is 30.2 Å². The van der Waals surface area contributed by atoms with E-state index in [1.54, 1.807) is 18.2 Å². The van der Waals surface area contributed by atoms with Crippen molar-refractivity contribution in [3.63, 3.8) is 0 Å². The van der Waals surface area contributed by atoms with E-state index in [0.29, 0.717) is 17.5 Å². The number of hydrogen-bond acceptors (Lipinski definition) is 5. The lowest BCUT2D eigenvalue weighted by molar-refractivity contribution is -0.385. The van der Waals surface area contributed by atoms with Crippen molar-refractivity contribution in [2.75, 3.05) is 0 Å². The number of aryl methyl sites for hydroxylation is 1. The molecule has 0 radical (unpaired) electrons. The van der Waals surface area contributed by atoms with Crippen LogP contribution >= 0.6 is 0 Å². The maximum absolute atomic E-state index is 13.8. The van der Waals surface area contributed by atoms with E-state index in [-0.39, 0.29) is 22.8 Å². The zero-order chi connectivity index (χ0) is 18.0. The predicted molar refractivity (Wildman–Crippen MR) is 89.5 cm³/mol. The lowest BCUT2D eigenvalue weighted by Crippen LogP contribution is -2.07. The summed E-state index contributed by atoms with van der Waals surface area (Å²) in [4.78, 5) is 26.6. The van der Waals surface area contributed by atoms with Gasteiger partial charge in [-0.1, -0.05) is 31.2 Å². The van der Waals surface area contributed by atoms with Gasteiger partial charge in [0.1, 0.15) is 5.82 Å². The smallest absolute Gasteiger partial charge is 0.363 e. The average Bonchev–Trinajstić information content (AvgIpc) is 2.95. The average molecular weight is 340 g/mol. The van der Waals surface area contributed by atoms with Gasteiger partial charge in [-0.25, -0.2) is 14.2 Å². The molecule has 1 aliphatic rings. The van der Waals surface area contributed by atoms with Crippen LogP contribution in [0, 0.1) is 15.9 Å². The highest BCUT2D eigenvalue weighted by molar-refractivity contribution is 6.12. The van der Waals surface area contributed by atoms with Crippen LogP contribution in [0.3, 0.4) is 0 Å². The van der Waals surface area contributed by atoms with Crippen molar-refractivity contribution in [3.05, 3.63) is 80.8 Å². The van der Waals surface area contributed by atoms with Crippen LogP contribution in [0.2, 0.25) is 0 Å². The fourth-order valence-electron chi connectivity index (χ4n) is 2.46. The minimum atomic E-state index is -0.736. The van der Waals surface area contributed by atoms with E-state index >= 15 is 0 Å². The second-order valence-corrected chi connectivity index (χ2v) is 5.31. The van der Waals surface area contributed by atoms with Gasteiger partial charge in [0.2, 0.25) is 5.90 Å². The Bertz CT molecular complexity index is 934. The molecule has 25 heavy (non-hydrogen) atoms. The minimum absolute atomic E-state index is 0.0264. The normalized spacial score (nSPS) is 15.2. The first-order valence-electron chi connectivity index (χ1n) is 7.54. The summed E-state index contributed by atoms with van der Waals surface area (Å²) in [7, 11) is 0. The van der Waals surface area contributed by atoms with Crippen molar-refractivity contribution in [1.82, 2.24) is 0 Å². The lowest BCUT2D eigenvalue weighted by atomic mass is 10.1. The summed E-state index contributed by atoms with van der Waals surface area (Å²) in [6, 6.07) is 10.5. The highest BCUT2D eigenvalue weighted by Gasteiger charge is 2.26. The third-order valence-corrected chi connectivity index (χ3v) is 3.72. The molecule has 6 nitrogen and oxygen atoms in total. The summed E-state index contributed by atoms with van der Waals surface area (Å²) >= 11 is 0. The van der Waals surface area contributed by atoms with Gasteiger partial charge >= 0.3 is 5.97 Å². The summed E-state index contributed by atoms with van der Waals surface area (Å²) in [6.07, 6.45) is 1.90. The quantitative estimate of drug-likeness (QED) is 0.368. The van der Waals surface area contributed by atoms with E-state index in [0.717, 1.165) is 0 Å². The number of hydrogen-bond donors (Lipinski definition) is 0. The molecule has 0 amide bonds. The number of benzene rings is 2. The van der Waals surface area contributed by atoms with Crippen molar-refractivity contribution < 1.29 is 18.8 Å². The van der Waals surface area contributed by atoms with Crippen LogP contribution in [0.25, 0.3) is 6.08 Å². The summed E-state index contributed by atoms with van der Waals surface area (Å²) in [5.41, 5.74) is 1.04. The summed E-state index contributed by atoms with van der Waals surface area (Å²) < 4.78 is 18.8. The number of halogens is 1. The molecule has 0 atom stereocenters. The fraction of sp³-hybridized carbons (Fsp3) is 0.111. The second kappa shape index (κ2) is 6.64. The molecular weight excluding hydrogens is 327 g/mol. The van der Waals surface area contributed by atoms with Gasteiger partial charge < -0.3 is 4.74 Å². The molecule has 0 saturated heterocycles. The third-order valence-electron chi connectivity index (χ3n) is 3.72. The Hall–Kier alpha value is -3.35. The second-order valence-electron chi connectivity index (χ2n) is 5.31. The van der Waals surface area contributed by atoms with Crippen molar-refractivity contribution in [3.8, 4) is 0 Å². The Morgan fingerprint density at radius 1 is 1.28 bits per heavy atom. The molecule has 3 rings (SSSR count). The Balaban J connectivity index is 1.99. The number of ether oxygens (including phenoxy) is 1. The van der Waals surface area contributed by atoms with E-state index in [2.05, 4.69) is 4.99 Å². The maximum Gasteiger partial charge on any atom is 0.363 e. The standard InChI is InChI=1S/C18H13FN2O4/c1-2-12-8-7-11(10-16(12)21(23)24)9-15-18(22)25-17(20-15)13-5-3-4-6-14(13)19/h3-10H,2H2,1H3/b15-9-. The van der Waals surface area contributed by atoms with E-state index < -0.39 is 16.7 Å². The molecule has 1 aliphatic heterocycles. The zero-order valence-corrected chi connectivity index (χ0v) is 13.2. The van der Waals surface area contributed by atoms with Gasteiger partial charge in [-0.2, -0.15) is 0 Å². The van der Waals surface area contributed by atoms with Crippen LogP contribution < -0.4 is 0 Å². The topological polar surface area (TPSA) is 81.8 Å². The summed E-state index contributed by atoms with van der Waals surface area (Å²) in [5.74, 6) is -1.42. The molecule has 2 aromatic rings. The Morgan fingerprint density at radius 3 is 2.72 bits per heavy atom. The Labute approximate surface area is 142 Å². The van der Waals surface area contributed by atoms with Crippen LogP contribution in [0.4, 0.5) is 10.1 Å². The lowest BCUT2D eigenvalue weighted by Gasteiger charge is -2.01. The first-order chi connectivity index (χ1) is 12.0. The molecule has 0 N–H and O–H groups in total. The Morgan fingerprint density at radius 2 is 2.04 bits per heavy atom. The molecule has 126 valence electrons. The number of cyclic esters (lactones) is 1. The van der Waals surface area contributed by atoms with Gasteiger partial charge in [-0.3, -0.25) is 10.1 Å². The van der Waals surface area contributed by atoms with Crippen LogP contribution in [0.1, 0.15) is 23.6 Å². The van der Waals surface area contributed by atoms with Crippen LogP contribution in [-0.4, -0.2) is 16.8 Å². The van der Waals surface area contributed by atoms with E-state index in [1.165, 1.54) is 30.3 Å². The number of nitro groups is 1. The number of carbonyl (C=O) groups excluding carboxylic acids is 1. The fourth-order valence-corrected chi connectivity index (χ4v) is 2.46. The molecule has 0 aromatic heterocycles. The molecule has 0 spiro atoms. The molecule has 0 bridgehead atoms. The van der Waals surface area contributed by atoms with Gasteiger partial charge in [0, 0.05) is 11.6 Å². The number of rotatable bonds is 4. The van der Waals surface area contributed by atoms with Gasteiger partial charge in [-0.15, -0.1) is 0 Å². The summed E-state index contributed by atoms with van der Waals surface area (Å²) in [5, 5.41) is 11.1. The summed E-state index contributed by atoms with van der Waals surface area (Å²) in [6.45, 7) is 1.82. The zero-order valence-electron chi connectivity index (χ0n) is 13.2. The van der Waals surface area contributed by atoms with Crippen molar-refractivity contribution in [2.24, 2.45) is 4.99 Å². The minimum Gasteiger partial charge on any atom is -0.402 e. The number of esters is 1. The van der Waals surface area contributed by atoms with E-state index in [4.69, 9.17) is 4.74 Å². The molecule has 0 fully saturated rings. The largest absolute Gasteiger partial charge is 0.402 e. The van der Waals surface area contributed by atoms with E-state index in [1.807, 2.05) is 6.92 Å². The molecule has 0 aliphatic carbocycles.